The average molecular weight is 283 g/mol. The number of hydrogen-bond donors (Lipinski definition) is 3. The van der Waals surface area contributed by atoms with Gasteiger partial charge in [-0.05, 0) is 12.3 Å². The number of aliphatic hydroxyl groups is 1. The van der Waals surface area contributed by atoms with Crippen molar-refractivity contribution in [1.29, 1.82) is 0 Å². The second-order valence-electron chi connectivity index (χ2n) is 5.72. The highest BCUT2D eigenvalue weighted by atomic mass is 16.3. The molecule has 3 amide bonds. The normalized spacial score (nSPS) is 27.2. The van der Waals surface area contributed by atoms with Gasteiger partial charge in [0.05, 0.1) is 6.10 Å². The van der Waals surface area contributed by atoms with E-state index >= 15 is 0 Å². The van der Waals surface area contributed by atoms with Gasteiger partial charge in [-0.2, -0.15) is 0 Å². The minimum absolute atomic E-state index is 0.150. The van der Waals surface area contributed by atoms with Gasteiger partial charge in [0.1, 0.15) is 12.1 Å². The summed E-state index contributed by atoms with van der Waals surface area (Å²) in [7, 11) is 0. The van der Waals surface area contributed by atoms with Gasteiger partial charge in [-0.25, -0.2) is 0 Å². The van der Waals surface area contributed by atoms with Crippen molar-refractivity contribution in [2.45, 2.75) is 50.8 Å². The molecule has 2 fully saturated rings. The van der Waals surface area contributed by atoms with E-state index in [1.54, 1.807) is 0 Å². The minimum Gasteiger partial charge on any atom is -0.391 e. The number of nitrogens with two attached hydrogens (primary N) is 1. The van der Waals surface area contributed by atoms with Crippen LogP contribution in [-0.4, -0.2) is 52.5 Å². The Balaban J connectivity index is 1.97. The van der Waals surface area contributed by atoms with Gasteiger partial charge in [-0.15, -0.1) is 0 Å². The van der Waals surface area contributed by atoms with Crippen LogP contribution in [0.15, 0.2) is 0 Å². The van der Waals surface area contributed by atoms with Crippen LogP contribution >= 0.6 is 0 Å². The van der Waals surface area contributed by atoms with Crippen LogP contribution in [0.1, 0.15) is 32.6 Å². The van der Waals surface area contributed by atoms with E-state index < -0.39 is 30.0 Å². The summed E-state index contributed by atoms with van der Waals surface area (Å²) in [5.74, 6) is -0.787. The third-order valence-corrected chi connectivity index (χ3v) is 3.91. The Morgan fingerprint density at radius 2 is 2.05 bits per heavy atom. The van der Waals surface area contributed by atoms with Crippen molar-refractivity contribution in [3.63, 3.8) is 0 Å². The number of β-amino-alcohol motifs (C(OH)–C–C–N with tert-alkyl or cyclic N) is 1. The number of rotatable bonds is 5. The molecule has 1 heterocycles. The summed E-state index contributed by atoms with van der Waals surface area (Å²) in [6.07, 6.45) is 2.16. The molecule has 7 nitrogen and oxygen atoms in total. The molecule has 0 aromatic rings. The van der Waals surface area contributed by atoms with E-state index in [2.05, 4.69) is 5.32 Å². The van der Waals surface area contributed by atoms with E-state index in [1.807, 2.05) is 0 Å². The predicted molar refractivity (Wildman–Crippen MR) is 70.3 cm³/mol. The van der Waals surface area contributed by atoms with Crippen LogP contribution in [0.5, 0.6) is 0 Å². The van der Waals surface area contributed by atoms with Crippen molar-refractivity contribution in [2.24, 2.45) is 11.7 Å². The summed E-state index contributed by atoms with van der Waals surface area (Å²) in [5.41, 5.74) is 5.30. The number of amides is 3. The summed E-state index contributed by atoms with van der Waals surface area (Å²) in [6.45, 7) is 1.51. The number of hydrogen-bond acceptors (Lipinski definition) is 4. The first kappa shape index (κ1) is 14.8. The molecule has 0 aromatic carbocycles. The van der Waals surface area contributed by atoms with E-state index in [-0.39, 0.29) is 18.9 Å². The molecule has 0 radical (unpaired) electrons. The molecule has 112 valence electrons. The van der Waals surface area contributed by atoms with Gasteiger partial charge >= 0.3 is 0 Å². The Hall–Kier alpha value is -1.63. The third kappa shape index (κ3) is 3.47. The largest absolute Gasteiger partial charge is 0.391 e. The SMILES string of the molecule is CC(=O)N1C[C@H](O)C[C@H]1C(=O)N[C@@H](CC1CC1)C(N)=O. The topological polar surface area (TPSA) is 113 Å². The fourth-order valence-electron chi connectivity index (χ4n) is 2.61. The first-order chi connectivity index (χ1) is 9.38. The molecular weight excluding hydrogens is 262 g/mol. The van der Waals surface area contributed by atoms with Gasteiger partial charge in [0.25, 0.3) is 0 Å². The molecule has 4 N–H and O–H groups in total. The molecule has 1 saturated carbocycles. The summed E-state index contributed by atoms with van der Waals surface area (Å²) < 4.78 is 0. The second-order valence-corrected chi connectivity index (χ2v) is 5.72. The molecule has 7 heteroatoms. The summed E-state index contributed by atoms with van der Waals surface area (Å²) in [4.78, 5) is 36.4. The molecular formula is C13H21N3O4. The zero-order chi connectivity index (χ0) is 14.9. The Morgan fingerprint density at radius 3 is 2.55 bits per heavy atom. The van der Waals surface area contributed by atoms with Gasteiger partial charge in [0.15, 0.2) is 0 Å². The van der Waals surface area contributed by atoms with Crippen LogP contribution in [-0.2, 0) is 14.4 Å². The first-order valence-electron chi connectivity index (χ1n) is 6.93. The van der Waals surface area contributed by atoms with Gasteiger partial charge in [-0.1, -0.05) is 12.8 Å². The lowest BCUT2D eigenvalue weighted by molar-refractivity contribution is -0.138. The van der Waals surface area contributed by atoms with Crippen molar-refractivity contribution in [1.82, 2.24) is 10.2 Å². The van der Waals surface area contributed by atoms with Gasteiger partial charge in [0.2, 0.25) is 17.7 Å². The number of carbonyl (C=O) groups excluding carboxylic acids is 3. The Labute approximate surface area is 117 Å². The van der Waals surface area contributed by atoms with Gasteiger partial charge in [0, 0.05) is 19.9 Å². The number of likely N-dealkylation sites (tertiary alicyclic amines) is 1. The molecule has 1 aliphatic heterocycles. The lowest BCUT2D eigenvalue weighted by Gasteiger charge is -2.24. The quantitative estimate of drug-likeness (QED) is 0.584. The standard InChI is InChI=1S/C13H21N3O4/c1-7(17)16-6-9(18)5-11(16)13(20)15-10(12(14)19)4-8-2-3-8/h8-11,18H,2-6H2,1H3,(H2,14,19)(H,15,20)/t9-,10+,11+/m1/s1. The number of nitrogens with one attached hydrogen (secondary N) is 1. The lowest BCUT2D eigenvalue weighted by Crippen LogP contribution is -2.52. The van der Waals surface area contributed by atoms with Crippen molar-refractivity contribution >= 4 is 17.7 Å². The number of primary amides is 1. The Bertz CT molecular complexity index is 422. The van der Waals surface area contributed by atoms with Crippen LogP contribution in [0.25, 0.3) is 0 Å². The second kappa shape index (κ2) is 5.78. The zero-order valence-corrected chi connectivity index (χ0v) is 11.5. The van der Waals surface area contributed by atoms with Crippen LogP contribution in [0.4, 0.5) is 0 Å². The summed E-state index contributed by atoms with van der Waals surface area (Å²) in [5, 5.41) is 12.2. The number of carbonyl (C=O) groups is 3. The first-order valence-corrected chi connectivity index (χ1v) is 6.93. The molecule has 2 rings (SSSR count). The van der Waals surface area contributed by atoms with E-state index in [0.29, 0.717) is 12.3 Å². The maximum atomic E-state index is 12.2. The highest BCUT2D eigenvalue weighted by Gasteiger charge is 2.39. The highest BCUT2D eigenvalue weighted by molar-refractivity contribution is 5.91. The molecule has 1 aliphatic carbocycles. The van der Waals surface area contributed by atoms with Crippen LogP contribution in [0, 0.1) is 5.92 Å². The van der Waals surface area contributed by atoms with E-state index in [0.717, 1.165) is 12.8 Å². The molecule has 0 unspecified atom stereocenters. The van der Waals surface area contributed by atoms with E-state index in [9.17, 15) is 19.5 Å². The van der Waals surface area contributed by atoms with Crippen molar-refractivity contribution in [3.05, 3.63) is 0 Å². The number of nitrogens with zero attached hydrogens (tertiary/aromatic N) is 1. The van der Waals surface area contributed by atoms with Crippen molar-refractivity contribution in [2.75, 3.05) is 6.54 Å². The molecule has 0 spiro atoms. The van der Waals surface area contributed by atoms with Crippen LogP contribution in [0.2, 0.25) is 0 Å². The number of aliphatic hydroxyl groups excluding tert-OH is 1. The third-order valence-electron chi connectivity index (χ3n) is 3.91. The maximum Gasteiger partial charge on any atom is 0.243 e. The van der Waals surface area contributed by atoms with Crippen LogP contribution in [0.3, 0.4) is 0 Å². The van der Waals surface area contributed by atoms with Crippen LogP contribution < -0.4 is 11.1 Å². The van der Waals surface area contributed by atoms with E-state index in [4.69, 9.17) is 5.73 Å². The Kier molecular flexibility index (Phi) is 4.27. The van der Waals surface area contributed by atoms with Gasteiger partial charge < -0.3 is 21.1 Å². The highest BCUT2D eigenvalue weighted by Crippen LogP contribution is 2.33. The average Bonchev–Trinajstić information content (AvgIpc) is 3.08. The zero-order valence-electron chi connectivity index (χ0n) is 11.5. The predicted octanol–water partition coefficient (Wildman–Crippen LogP) is -1.26. The Morgan fingerprint density at radius 1 is 1.40 bits per heavy atom. The molecule has 0 bridgehead atoms. The lowest BCUT2D eigenvalue weighted by atomic mass is 10.1. The molecule has 1 saturated heterocycles. The molecule has 20 heavy (non-hydrogen) atoms. The monoisotopic (exact) mass is 283 g/mol. The smallest absolute Gasteiger partial charge is 0.243 e. The minimum atomic E-state index is -0.719. The molecule has 2 aliphatic rings. The maximum absolute atomic E-state index is 12.2. The molecule has 3 atom stereocenters. The summed E-state index contributed by atoms with van der Waals surface area (Å²) in [6, 6.07) is -1.41. The van der Waals surface area contributed by atoms with E-state index in [1.165, 1.54) is 11.8 Å². The van der Waals surface area contributed by atoms with Crippen molar-refractivity contribution < 1.29 is 19.5 Å². The summed E-state index contributed by atoms with van der Waals surface area (Å²) >= 11 is 0. The fourth-order valence-corrected chi connectivity index (χ4v) is 2.61. The van der Waals surface area contributed by atoms with Crippen molar-refractivity contribution in [3.8, 4) is 0 Å². The fraction of sp³-hybridized carbons (Fsp3) is 0.769. The molecule has 0 aromatic heterocycles. The van der Waals surface area contributed by atoms with Gasteiger partial charge in [-0.3, -0.25) is 14.4 Å².